The van der Waals surface area contributed by atoms with Crippen LogP contribution in [0.15, 0.2) is 46.9 Å². The second-order valence-corrected chi connectivity index (χ2v) is 6.41. The van der Waals surface area contributed by atoms with Crippen molar-refractivity contribution in [2.75, 3.05) is 19.5 Å². The van der Waals surface area contributed by atoms with Crippen LogP contribution in [0.25, 0.3) is 17.0 Å². The highest BCUT2D eigenvalue weighted by Crippen LogP contribution is 2.32. The Labute approximate surface area is 166 Å². The molecule has 0 unspecified atom stereocenters. The Hall–Kier alpha value is -3.25. The largest absolute Gasteiger partial charge is 0.495 e. The third kappa shape index (κ3) is 4.18. The normalized spacial score (nSPS) is 11.0. The Morgan fingerprint density at radius 1 is 1.07 bits per heavy atom. The molecular formula is C21H18ClNO5. The molecule has 0 saturated heterocycles. The number of nitrogens with one attached hydrogen (secondary N) is 1. The molecule has 0 aliphatic carbocycles. The van der Waals surface area contributed by atoms with Gasteiger partial charge in [0.05, 0.1) is 19.9 Å². The van der Waals surface area contributed by atoms with Crippen LogP contribution in [-0.2, 0) is 4.79 Å². The van der Waals surface area contributed by atoms with Crippen LogP contribution in [0.4, 0.5) is 5.69 Å². The number of amides is 1. The van der Waals surface area contributed by atoms with E-state index in [0.29, 0.717) is 39.1 Å². The number of halogens is 1. The highest BCUT2D eigenvalue weighted by atomic mass is 35.5. The Kier molecular flexibility index (Phi) is 5.70. The molecule has 0 spiro atoms. The number of carbonyl (C=O) groups excluding carboxylic acids is 2. The number of methoxy groups -OCH3 is 2. The lowest BCUT2D eigenvalue weighted by Crippen LogP contribution is -2.09. The van der Waals surface area contributed by atoms with E-state index in [0.717, 1.165) is 5.39 Å². The lowest BCUT2D eigenvalue weighted by molar-refractivity contribution is -0.111. The number of benzene rings is 2. The molecule has 6 nitrogen and oxygen atoms in total. The average molecular weight is 400 g/mol. The number of hydrogen-bond donors (Lipinski definition) is 1. The first kappa shape index (κ1) is 19.5. The number of carbonyl (C=O) groups is 2. The van der Waals surface area contributed by atoms with Crippen LogP contribution in [0.1, 0.15) is 23.0 Å². The van der Waals surface area contributed by atoms with Crippen LogP contribution in [0.3, 0.4) is 0 Å². The third-order valence-corrected chi connectivity index (χ3v) is 4.27. The van der Waals surface area contributed by atoms with E-state index >= 15 is 0 Å². The molecule has 28 heavy (non-hydrogen) atoms. The number of hydrogen-bond acceptors (Lipinski definition) is 5. The molecule has 0 saturated carbocycles. The molecule has 144 valence electrons. The van der Waals surface area contributed by atoms with Gasteiger partial charge in [0.1, 0.15) is 11.5 Å². The van der Waals surface area contributed by atoms with Crippen molar-refractivity contribution in [3.8, 4) is 11.5 Å². The number of ether oxygens (including phenoxy) is 2. The second-order valence-electron chi connectivity index (χ2n) is 5.97. The van der Waals surface area contributed by atoms with E-state index in [1.54, 1.807) is 36.4 Å². The van der Waals surface area contributed by atoms with Gasteiger partial charge in [-0.1, -0.05) is 11.6 Å². The summed E-state index contributed by atoms with van der Waals surface area (Å²) in [6, 6.07) is 10.00. The molecule has 0 bridgehead atoms. The van der Waals surface area contributed by atoms with Crippen LogP contribution in [0.2, 0.25) is 5.02 Å². The monoisotopic (exact) mass is 399 g/mol. The summed E-state index contributed by atoms with van der Waals surface area (Å²) in [5, 5.41) is 3.99. The van der Waals surface area contributed by atoms with E-state index in [1.165, 1.54) is 33.3 Å². The fourth-order valence-corrected chi connectivity index (χ4v) is 2.91. The Bertz CT molecular complexity index is 1080. The Morgan fingerprint density at radius 3 is 2.50 bits per heavy atom. The van der Waals surface area contributed by atoms with Crippen LogP contribution in [-0.4, -0.2) is 25.9 Å². The molecule has 0 radical (unpaired) electrons. The van der Waals surface area contributed by atoms with Crippen molar-refractivity contribution in [1.29, 1.82) is 0 Å². The first-order chi connectivity index (χ1) is 13.4. The summed E-state index contributed by atoms with van der Waals surface area (Å²) in [5.41, 5.74) is 1.42. The van der Waals surface area contributed by atoms with Gasteiger partial charge in [-0.3, -0.25) is 9.59 Å². The zero-order chi connectivity index (χ0) is 20.3. The van der Waals surface area contributed by atoms with Gasteiger partial charge in [-0.2, -0.15) is 0 Å². The number of rotatable bonds is 6. The fraction of sp³-hybridized carbons (Fsp3) is 0.143. The van der Waals surface area contributed by atoms with Crippen molar-refractivity contribution < 1.29 is 23.5 Å². The summed E-state index contributed by atoms with van der Waals surface area (Å²) in [4.78, 5) is 23.9. The van der Waals surface area contributed by atoms with Crippen molar-refractivity contribution in [3.63, 3.8) is 0 Å². The molecule has 1 heterocycles. The second kappa shape index (κ2) is 8.19. The molecule has 0 aliphatic heterocycles. The molecule has 0 atom stereocenters. The van der Waals surface area contributed by atoms with E-state index in [1.807, 2.05) is 0 Å². The van der Waals surface area contributed by atoms with Crippen molar-refractivity contribution in [3.05, 3.63) is 58.8 Å². The highest BCUT2D eigenvalue weighted by Gasteiger charge is 2.11. The third-order valence-electron chi connectivity index (χ3n) is 4.05. The van der Waals surface area contributed by atoms with Gasteiger partial charge in [-0.15, -0.1) is 0 Å². The minimum absolute atomic E-state index is 0.108. The van der Waals surface area contributed by atoms with Gasteiger partial charge in [0, 0.05) is 28.1 Å². The minimum atomic E-state index is -0.399. The van der Waals surface area contributed by atoms with Gasteiger partial charge < -0.3 is 19.2 Å². The molecular weight excluding hydrogens is 382 g/mol. The summed E-state index contributed by atoms with van der Waals surface area (Å²) >= 11 is 6.05. The van der Waals surface area contributed by atoms with Crippen molar-refractivity contribution in [1.82, 2.24) is 0 Å². The van der Waals surface area contributed by atoms with Gasteiger partial charge >= 0.3 is 0 Å². The molecule has 2 aromatic carbocycles. The maximum absolute atomic E-state index is 12.3. The van der Waals surface area contributed by atoms with E-state index < -0.39 is 5.91 Å². The zero-order valence-electron chi connectivity index (χ0n) is 15.5. The van der Waals surface area contributed by atoms with Crippen LogP contribution >= 0.6 is 11.6 Å². The predicted octanol–water partition coefficient (Wildman–Crippen LogP) is 4.96. The lowest BCUT2D eigenvalue weighted by atomic mass is 10.1. The molecule has 1 amide bonds. The molecule has 3 rings (SSSR count). The average Bonchev–Trinajstić information content (AvgIpc) is 3.08. The van der Waals surface area contributed by atoms with E-state index in [-0.39, 0.29) is 5.78 Å². The van der Waals surface area contributed by atoms with Gasteiger partial charge in [-0.25, -0.2) is 0 Å². The minimum Gasteiger partial charge on any atom is -0.495 e. The van der Waals surface area contributed by atoms with E-state index in [2.05, 4.69) is 5.32 Å². The number of fused-ring (bicyclic) bond motifs is 1. The number of Topliss-reactive ketones (excluding diaryl/α,β-unsaturated/α-hetero) is 1. The quantitative estimate of drug-likeness (QED) is 0.468. The molecule has 7 heteroatoms. The van der Waals surface area contributed by atoms with Crippen molar-refractivity contribution >= 4 is 46.0 Å². The smallest absolute Gasteiger partial charge is 0.248 e. The summed E-state index contributed by atoms with van der Waals surface area (Å²) < 4.78 is 16.2. The molecule has 0 aliphatic rings. The Balaban J connectivity index is 1.82. The van der Waals surface area contributed by atoms with E-state index in [9.17, 15) is 9.59 Å². The summed E-state index contributed by atoms with van der Waals surface area (Å²) in [7, 11) is 3.01. The SMILES string of the molecule is COc1ccc(C(C)=O)cc1NC(=O)/C=C/c1cc2cc(Cl)cc(OC)c2o1. The van der Waals surface area contributed by atoms with E-state index in [4.69, 9.17) is 25.5 Å². The maximum Gasteiger partial charge on any atom is 0.248 e. The van der Waals surface area contributed by atoms with Gasteiger partial charge in [-0.05, 0) is 43.3 Å². The predicted molar refractivity (Wildman–Crippen MR) is 108 cm³/mol. The number of anilines is 1. The van der Waals surface area contributed by atoms with Crippen molar-refractivity contribution in [2.24, 2.45) is 0 Å². The molecule has 0 fully saturated rings. The molecule has 3 aromatic rings. The zero-order valence-corrected chi connectivity index (χ0v) is 16.3. The van der Waals surface area contributed by atoms with Crippen LogP contribution in [0.5, 0.6) is 11.5 Å². The number of ketones is 1. The van der Waals surface area contributed by atoms with Crippen LogP contribution < -0.4 is 14.8 Å². The van der Waals surface area contributed by atoms with Crippen molar-refractivity contribution in [2.45, 2.75) is 6.92 Å². The summed E-state index contributed by atoms with van der Waals surface area (Å²) in [5.74, 6) is 0.926. The first-order valence-corrected chi connectivity index (χ1v) is 8.74. The lowest BCUT2D eigenvalue weighted by Gasteiger charge is -2.10. The summed E-state index contributed by atoms with van der Waals surface area (Å²) in [6.45, 7) is 1.45. The van der Waals surface area contributed by atoms with Gasteiger partial charge in [0.2, 0.25) is 5.91 Å². The topological polar surface area (TPSA) is 77.8 Å². The van der Waals surface area contributed by atoms with Crippen LogP contribution in [0, 0.1) is 0 Å². The fourth-order valence-electron chi connectivity index (χ4n) is 2.70. The Morgan fingerprint density at radius 2 is 1.82 bits per heavy atom. The van der Waals surface area contributed by atoms with Gasteiger partial charge in [0.25, 0.3) is 0 Å². The molecule has 1 N–H and O–H groups in total. The summed E-state index contributed by atoms with van der Waals surface area (Å²) in [6.07, 6.45) is 2.86. The maximum atomic E-state index is 12.3. The standard InChI is InChI=1S/C21H18ClNO5/c1-12(24)13-4-6-18(26-2)17(10-13)23-20(25)7-5-16-9-14-8-15(22)11-19(27-3)21(14)28-16/h4-11H,1-3H3,(H,23,25)/b7-5+. The first-order valence-electron chi connectivity index (χ1n) is 8.36. The van der Waals surface area contributed by atoms with Gasteiger partial charge in [0.15, 0.2) is 17.1 Å². The highest BCUT2D eigenvalue weighted by molar-refractivity contribution is 6.31. The molecule has 1 aromatic heterocycles. The number of furan rings is 1.